The lowest BCUT2D eigenvalue weighted by Crippen LogP contribution is -2.09. The molecule has 0 bridgehead atoms. The molecule has 19 heavy (non-hydrogen) atoms. The fraction of sp³-hybridized carbons (Fsp3) is 0.400. The molecule has 1 aromatic carbocycles. The summed E-state index contributed by atoms with van der Waals surface area (Å²) < 4.78 is 11.2. The van der Waals surface area contributed by atoms with Crippen LogP contribution in [0.2, 0.25) is 0 Å². The number of pyridine rings is 1. The second-order valence-electron chi connectivity index (χ2n) is 4.37. The highest BCUT2D eigenvalue weighted by molar-refractivity contribution is 5.89. The quantitative estimate of drug-likeness (QED) is 0.777. The second kappa shape index (κ2) is 6.95. The molecule has 0 saturated heterocycles. The smallest absolute Gasteiger partial charge is 0.153 e. The Labute approximate surface area is 113 Å². The van der Waals surface area contributed by atoms with E-state index >= 15 is 0 Å². The molecular weight excluding hydrogens is 240 g/mol. The van der Waals surface area contributed by atoms with Crippen molar-refractivity contribution in [2.45, 2.75) is 19.8 Å². The zero-order chi connectivity index (χ0) is 13.5. The van der Waals surface area contributed by atoms with Crippen LogP contribution in [0.4, 0.5) is 5.69 Å². The minimum atomic E-state index is 0.502. The van der Waals surface area contributed by atoms with E-state index in [1.165, 1.54) is 0 Å². The van der Waals surface area contributed by atoms with Gasteiger partial charge >= 0.3 is 0 Å². The van der Waals surface area contributed by atoms with Crippen LogP contribution in [0.3, 0.4) is 0 Å². The van der Waals surface area contributed by atoms with E-state index in [1.807, 2.05) is 24.3 Å². The van der Waals surface area contributed by atoms with E-state index in [4.69, 9.17) is 15.2 Å². The highest BCUT2D eigenvalue weighted by atomic mass is 16.5. The number of nitrogens with zero attached hydrogens (tertiary/aromatic N) is 1. The minimum absolute atomic E-state index is 0.502. The lowest BCUT2D eigenvalue weighted by atomic mass is 10.2. The van der Waals surface area contributed by atoms with Crippen LogP contribution < -0.4 is 10.5 Å². The molecule has 2 rings (SSSR count). The number of rotatable bonds is 7. The number of nitrogen functional groups attached to an aromatic ring is 1. The number of hydrogen-bond donors (Lipinski definition) is 1. The van der Waals surface area contributed by atoms with Crippen LogP contribution in [0.1, 0.15) is 19.8 Å². The fourth-order valence-corrected chi connectivity index (χ4v) is 1.84. The topological polar surface area (TPSA) is 57.4 Å². The van der Waals surface area contributed by atoms with Gasteiger partial charge in [-0.1, -0.05) is 25.5 Å². The number of ether oxygens (including phenoxy) is 2. The monoisotopic (exact) mass is 260 g/mol. The van der Waals surface area contributed by atoms with Crippen molar-refractivity contribution in [1.29, 1.82) is 0 Å². The standard InChI is InChI=1S/C15H20N2O2/c1-2-3-8-18-9-10-19-15-12-6-4-5-7-14(12)17-11-13(15)16/h4-7,11H,2-3,8-10,16H2,1H3. The number of nitrogens with two attached hydrogens (primary N) is 1. The summed E-state index contributed by atoms with van der Waals surface area (Å²) in [4.78, 5) is 4.27. The molecular formula is C15H20N2O2. The number of hydrogen-bond acceptors (Lipinski definition) is 4. The van der Waals surface area contributed by atoms with Gasteiger partial charge < -0.3 is 15.2 Å². The van der Waals surface area contributed by atoms with Gasteiger partial charge in [-0.3, -0.25) is 4.98 Å². The molecule has 2 N–H and O–H groups in total. The summed E-state index contributed by atoms with van der Waals surface area (Å²) in [6, 6.07) is 7.81. The summed E-state index contributed by atoms with van der Waals surface area (Å²) in [6.07, 6.45) is 3.86. The average Bonchev–Trinajstić information content (AvgIpc) is 2.44. The number of anilines is 1. The molecule has 2 aromatic rings. The van der Waals surface area contributed by atoms with Gasteiger partial charge in [0, 0.05) is 12.0 Å². The SMILES string of the molecule is CCCCOCCOc1c(N)cnc2ccccc12. The Morgan fingerprint density at radius 3 is 2.84 bits per heavy atom. The first kappa shape index (κ1) is 13.6. The summed E-state index contributed by atoms with van der Waals surface area (Å²) in [6.45, 7) is 4.01. The Morgan fingerprint density at radius 2 is 2.00 bits per heavy atom. The van der Waals surface area contributed by atoms with Gasteiger partial charge in [0.05, 0.1) is 24.0 Å². The molecule has 0 fully saturated rings. The van der Waals surface area contributed by atoms with E-state index in [2.05, 4.69) is 11.9 Å². The first-order valence-corrected chi connectivity index (χ1v) is 6.66. The van der Waals surface area contributed by atoms with Gasteiger partial charge in [0.25, 0.3) is 0 Å². The molecule has 0 atom stereocenters. The van der Waals surface area contributed by atoms with Crippen molar-refractivity contribution in [3.8, 4) is 5.75 Å². The highest BCUT2D eigenvalue weighted by Crippen LogP contribution is 2.29. The Balaban J connectivity index is 1.98. The van der Waals surface area contributed by atoms with E-state index in [0.29, 0.717) is 24.7 Å². The molecule has 0 aliphatic heterocycles. The van der Waals surface area contributed by atoms with E-state index in [-0.39, 0.29) is 0 Å². The lowest BCUT2D eigenvalue weighted by molar-refractivity contribution is 0.0988. The van der Waals surface area contributed by atoms with Crippen molar-refractivity contribution in [2.75, 3.05) is 25.6 Å². The molecule has 102 valence electrons. The van der Waals surface area contributed by atoms with Crippen molar-refractivity contribution in [3.05, 3.63) is 30.5 Å². The number of benzene rings is 1. The summed E-state index contributed by atoms with van der Waals surface area (Å²) in [5, 5.41) is 0.941. The van der Waals surface area contributed by atoms with Crippen LogP contribution in [-0.2, 0) is 4.74 Å². The average molecular weight is 260 g/mol. The van der Waals surface area contributed by atoms with Crippen molar-refractivity contribution in [1.82, 2.24) is 4.98 Å². The van der Waals surface area contributed by atoms with Gasteiger partial charge in [0.1, 0.15) is 6.61 Å². The van der Waals surface area contributed by atoms with Crippen LogP contribution in [0.15, 0.2) is 30.5 Å². The zero-order valence-corrected chi connectivity index (χ0v) is 11.3. The van der Waals surface area contributed by atoms with Crippen LogP contribution in [-0.4, -0.2) is 24.8 Å². The zero-order valence-electron chi connectivity index (χ0n) is 11.3. The van der Waals surface area contributed by atoms with Gasteiger partial charge in [-0.2, -0.15) is 0 Å². The predicted octanol–water partition coefficient (Wildman–Crippen LogP) is 3.01. The van der Waals surface area contributed by atoms with E-state index in [1.54, 1.807) is 6.20 Å². The highest BCUT2D eigenvalue weighted by Gasteiger charge is 2.07. The van der Waals surface area contributed by atoms with Crippen LogP contribution >= 0.6 is 0 Å². The van der Waals surface area contributed by atoms with Gasteiger partial charge in [0.15, 0.2) is 5.75 Å². The number of unbranched alkanes of at least 4 members (excludes halogenated alkanes) is 1. The molecule has 0 radical (unpaired) electrons. The number of para-hydroxylation sites is 1. The second-order valence-corrected chi connectivity index (χ2v) is 4.37. The first-order valence-electron chi connectivity index (χ1n) is 6.66. The largest absolute Gasteiger partial charge is 0.488 e. The maximum absolute atomic E-state index is 5.92. The summed E-state index contributed by atoms with van der Waals surface area (Å²) in [7, 11) is 0. The third-order valence-corrected chi connectivity index (χ3v) is 2.87. The minimum Gasteiger partial charge on any atom is -0.488 e. The van der Waals surface area contributed by atoms with Crippen molar-refractivity contribution in [2.24, 2.45) is 0 Å². The predicted molar refractivity (Wildman–Crippen MR) is 77.4 cm³/mol. The van der Waals surface area contributed by atoms with E-state index in [9.17, 15) is 0 Å². The summed E-state index contributed by atoms with van der Waals surface area (Å²) in [5.41, 5.74) is 7.37. The molecule has 0 amide bonds. The first-order chi connectivity index (χ1) is 9.33. The van der Waals surface area contributed by atoms with Crippen molar-refractivity contribution in [3.63, 3.8) is 0 Å². The Morgan fingerprint density at radius 1 is 1.16 bits per heavy atom. The molecule has 4 nitrogen and oxygen atoms in total. The normalized spacial score (nSPS) is 10.8. The van der Waals surface area contributed by atoms with Crippen LogP contribution in [0, 0.1) is 0 Å². The fourth-order valence-electron chi connectivity index (χ4n) is 1.84. The van der Waals surface area contributed by atoms with Crippen molar-refractivity contribution < 1.29 is 9.47 Å². The van der Waals surface area contributed by atoms with Crippen molar-refractivity contribution >= 4 is 16.6 Å². The molecule has 0 unspecified atom stereocenters. The van der Waals surface area contributed by atoms with E-state index in [0.717, 1.165) is 30.4 Å². The maximum atomic E-state index is 5.92. The molecule has 0 spiro atoms. The third-order valence-electron chi connectivity index (χ3n) is 2.87. The Bertz CT molecular complexity index is 529. The molecule has 0 aliphatic rings. The molecule has 0 saturated carbocycles. The van der Waals surface area contributed by atoms with Crippen LogP contribution in [0.5, 0.6) is 5.75 Å². The summed E-state index contributed by atoms with van der Waals surface area (Å²) in [5.74, 6) is 0.699. The lowest BCUT2D eigenvalue weighted by Gasteiger charge is -2.11. The molecule has 4 heteroatoms. The van der Waals surface area contributed by atoms with Crippen LogP contribution in [0.25, 0.3) is 10.9 Å². The molecule has 1 heterocycles. The Kier molecular flexibility index (Phi) is 4.98. The number of aromatic nitrogens is 1. The molecule has 0 aliphatic carbocycles. The maximum Gasteiger partial charge on any atom is 0.153 e. The summed E-state index contributed by atoms with van der Waals surface area (Å²) >= 11 is 0. The third kappa shape index (κ3) is 3.58. The Hall–Kier alpha value is -1.81. The van der Waals surface area contributed by atoms with Gasteiger partial charge in [0.2, 0.25) is 0 Å². The molecule has 1 aromatic heterocycles. The number of fused-ring (bicyclic) bond motifs is 1. The van der Waals surface area contributed by atoms with Gasteiger partial charge in [-0.25, -0.2) is 0 Å². The van der Waals surface area contributed by atoms with E-state index < -0.39 is 0 Å². The van der Waals surface area contributed by atoms with Gasteiger partial charge in [-0.15, -0.1) is 0 Å². The van der Waals surface area contributed by atoms with Gasteiger partial charge in [-0.05, 0) is 18.6 Å².